The summed E-state index contributed by atoms with van der Waals surface area (Å²) in [5.41, 5.74) is -7.36. The standard InChI is InChI=1S/C15H22O6/c1-11-8-21-10(17)7-14(6-9(16)13(11,3)19)12(2,18)4-5-15(11,14)20/h18-20H,4-8H2,1-3H3/t11-,12-,13-,14+,15-/m0/s1. The van der Waals surface area contributed by atoms with Gasteiger partial charge in [0.25, 0.3) is 0 Å². The van der Waals surface area contributed by atoms with Crippen LogP contribution >= 0.6 is 0 Å². The Balaban J connectivity index is 2.32. The minimum Gasteiger partial charge on any atom is -0.465 e. The molecule has 0 aromatic heterocycles. The van der Waals surface area contributed by atoms with Crippen LogP contribution in [0.25, 0.3) is 0 Å². The number of hydrogen-bond acceptors (Lipinski definition) is 6. The number of aliphatic hydroxyl groups is 3. The molecule has 2 bridgehead atoms. The van der Waals surface area contributed by atoms with Gasteiger partial charge in [0.1, 0.15) is 12.2 Å². The zero-order chi connectivity index (χ0) is 15.9. The smallest absolute Gasteiger partial charge is 0.306 e. The quantitative estimate of drug-likeness (QED) is 0.541. The molecule has 0 spiro atoms. The topological polar surface area (TPSA) is 104 Å². The third-order valence-corrected chi connectivity index (χ3v) is 6.76. The van der Waals surface area contributed by atoms with E-state index in [1.54, 1.807) is 13.8 Å². The molecule has 0 unspecified atom stereocenters. The summed E-state index contributed by atoms with van der Waals surface area (Å²) in [5, 5.41) is 32.9. The van der Waals surface area contributed by atoms with Gasteiger partial charge in [0, 0.05) is 11.8 Å². The van der Waals surface area contributed by atoms with Gasteiger partial charge in [-0.1, -0.05) is 6.92 Å². The van der Waals surface area contributed by atoms with E-state index in [0.717, 1.165) is 0 Å². The zero-order valence-corrected chi connectivity index (χ0v) is 12.6. The first-order valence-corrected chi connectivity index (χ1v) is 7.30. The van der Waals surface area contributed by atoms with Gasteiger partial charge in [0.2, 0.25) is 0 Å². The number of carbonyl (C=O) groups excluding carboxylic acids is 2. The molecule has 0 radical (unpaired) electrons. The number of rotatable bonds is 0. The summed E-state index contributed by atoms with van der Waals surface area (Å²) in [6.45, 7) is 4.25. The summed E-state index contributed by atoms with van der Waals surface area (Å²) >= 11 is 0. The first-order chi connectivity index (χ1) is 9.44. The maximum atomic E-state index is 12.5. The molecule has 1 aliphatic heterocycles. The van der Waals surface area contributed by atoms with Crippen molar-refractivity contribution >= 4 is 11.8 Å². The third-order valence-electron chi connectivity index (χ3n) is 6.76. The van der Waals surface area contributed by atoms with Gasteiger partial charge in [-0.2, -0.15) is 0 Å². The Labute approximate surface area is 123 Å². The summed E-state index contributed by atoms with van der Waals surface area (Å²) in [7, 11) is 0. The Morgan fingerprint density at radius 2 is 1.62 bits per heavy atom. The van der Waals surface area contributed by atoms with Crippen molar-refractivity contribution in [2.24, 2.45) is 10.8 Å². The monoisotopic (exact) mass is 298 g/mol. The Morgan fingerprint density at radius 1 is 1.00 bits per heavy atom. The van der Waals surface area contributed by atoms with Crippen molar-refractivity contribution in [3.63, 3.8) is 0 Å². The second-order valence-electron chi connectivity index (χ2n) is 7.56. The second-order valence-corrected chi connectivity index (χ2v) is 7.56. The lowest BCUT2D eigenvalue weighted by atomic mass is 9.45. The molecular formula is C15H22O6. The summed E-state index contributed by atoms with van der Waals surface area (Å²) in [6.07, 6.45) is 0.0500. The van der Waals surface area contributed by atoms with Gasteiger partial charge in [-0.05, 0) is 26.7 Å². The largest absolute Gasteiger partial charge is 0.465 e. The molecule has 118 valence electrons. The van der Waals surface area contributed by atoms with Gasteiger partial charge < -0.3 is 20.1 Å². The number of hydrogen-bond donors (Lipinski definition) is 3. The molecule has 3 aliphatic rings. The Morgan fingerprint density at radius 3 is 2.24 bits per heavy atom. The van der Waals surface area contributed by atoms with E-state index >= 15 is 0 Å². The minimum atomic E-state index is -1.81. The van der Waals surface area contributed by atoms with Crippen molar-refractivity contribution in [2.75, 3.05) is 6.61 Å². The fraction of sp³-hybridized carbons (Fsp3) is 0.867. The second kappa shape index (κ2) is 3.67. The summed E-state index contributed by atoms with van der Waals surface area (Å²) in [5.74, 6) is -1.01. The Bertz CT molecular complexity index is 538. The molecule has 0 aromatic rings. The molecule has 1 heterocycles. The highest BCUT2D eigenvalue weighted by Gasteiger charge is 2.80. The number of Topliss-reactive ketones (excluding diaryl/α,β-unsaturated/α-hetero) is 1. The van der Waals surface area contributed by atoms with Gasteiger partial charge in [-0.3, -0.25) is 9.59 Å². The maximum Gasteiger partial charge on any atom is 0.306 e. The molecule has 3 N–H and O–H groups in total. The normalized spacial score (nSPS) is 56.7. The van der Waals surface area contributed by atoms with E-state index in [2.05, 4.69) is 0 Å². The summed E-state index contributed by atoms with van der Waals surface area (Å²) in [6, 6.07) is 0. The van der Waals surface area contributed by atoms with Crippen LogP contribution in [0.15, 0.2) is 0 Å². The molecule has 2 aliphatic carbocycles. The van der Waals surface area contributed by atoms with Crippen LogP contribution in [-0.2, 0) is 14.3 Å². The van der Waals surface area contributed by atoms with E-state index < -0.39 is 39.4 Å². The maximum absolute atomic E-state index is 12.5. The van der Waals surface area contributed by atoms with Gasteiger partial charge in [0.15, 0.2) is 5.78 Å². The van der Waals surface area contributed by atoms with Crippen LogP contribution in [-0.4, -0.2) is 50.5 Å². The first-order valence-electron chi connectivity index (χ1n) is 7.30. The highest BCUT2D eigenvalue weighted by atomic mass is 16.5. The molecule has 1 saturated heterocycles. The van der Waals surface area contributed by atoms with Gasteiger partial charge in [-0.25, -0.2) is 0 Å². The zero-order valence-electron chi connectivity index (χ0n) is 12.6. The van der Waals surface area contributed by atoms with Crippen LogP contribution in [0, 0.1) is 10.8 Å². The number of esters is 1. The van der Waals surface area contributed by atoms with E-state index in [4.69, 9.17) is 4.74 Å². The number of carbonyl (C=O) groups is 2. The lowest BCUT2D eigenvalue weighted by molar-refractivity contribution is -0.265. The molecule has 0 amide bonds. The van der Waals surface area contributed by atoms with Crippen LogP contribution < -0.4 is 0 Å². The van der Waals surface area contributed by atoms with Crippen LogP contribution in [0.1, 0.15) is 46.5 Å². The Kier molecular flexibility index (Phi) is 2.61. The van der Waals surface area contributed by atoms with Crippen molar-refractivity contribution in [3.8, 4) is 0 Å². The third kappa shape index (κ3) is 1.34. The SMILES string of the molecule is C[C@]12COC(=O)C[C@@]3(CC(=O)[C@]1(C)O)[C@]2(O)CC[C@]3(C)O. The fourth-order valence-corrected chi connectivity index (χ4v) is 4.83. The first kappa shape index (κ1) is 14.9. The van der Waals surface area contributed by atoms with E-state index in [9.17, 15) is 24.9 Å². The van der Waals surface area contributed by atoms with E-state index in [1.807, 2.05) is 0 Å². The van der Waals surface area contributed by atoms with Crippen molar-refractivity contribution in [1.29, 1.82) is 0 Å². The van der Waals surface area contributed by atoms with Crippen LogP contribution in [0.2, 0.25) is 0 Å². The van der Waals surface area contributed by atoms with Crippen molar-refractivity contribution in [3.05, 3.63) is 0 Å². The average Bonchev–Trinajstić information content (AvgIpc) is 2.52. The average molecular weight is 298 g/mol. The predicted molar refractivity (Wildman–Crippen MR) is 71.2 cm³/mol. The van der Waals surface area contributed by atoms with Gasteiger partial charge in [0.05, 0.1) is 23.0 Å². The molecule has 3 fully saturated rings. The van der Waals surface area contributed by atoms with Crippen LogP contribution in [0.3, 0.4) is 0 Å². The van der Waals surface area contributed by atoms with Crippen molar-refractivity contribution in [1.82, 2.24) is 0 Å². The minimum absolute atomic E-state index is 0.214. The molecule has 2 saturated carbocycles. The summed E-state index contributed by atoms with van der Waals surface area (Å²) < 4.78 is 5.17. The van der Waals surface area contributed by atoms with E-state index in [1.165, 1.54) is 6.92 Å². The van der Waals surface area contributed by atoms with E-state index in [0.29, 0.717) is 0 Å². The lowest BCUT2D eigenvalue weighted by Gasteiger charge is -2.61. The lowest BCUT2D eigenvalue weighted by Crippen LogP contribution is -2.75. The van der Waals surface area contributed by atoms with Crippen LogP contribution in [0.4, 0.5) is 0 Å². The molecule has 6 heteroatoms. The molecule has 5 atom stereocenters. The van der Waals surface area contributed by atoms with Gasteiger partial charge in [-0.15, -0.1) is 0 Å². The van der Waals surface area contributed by atoms with E-state index in [-0.39, 0.29) is 32.3 Å². The number of cyclic esters (lactones) is 1. The molecule has 6 nitrogen and oxygen atoms in total. The highest BCUT2D eigenvalue weighted by molar-refractivity contribution is 5.91. The summed E-state index contributed by atoms with van der Waals surface area (Å²) in [4.78, 5) is 24.5. The molecule has 0 aromatic carbocycles. The molecule has 3 rings (SSSR count). The predicted octanol–water partition coefficient (Wildman–Crippen LogP) is -0.0743. The molecule has 21 heavy (non-hydrogen) atoms. The van der Waals surface area contributed by atoms with Crippen molar-refractivity contribution < 1.29 is 29.6 Å². The molecular weight excluding hydrogens is 276 g/mol. The fourth-order valence-electron chi connectivity index (χ4n) is 4.83. The van der Waals surface area contributed by atoms with Gasteiger partial charge >= 0.3 is 5.97 Å². The van der Waals surface area contributed by atoms with Crippen molar-refractivity contribution in [2.45, 2.75) is 63.3 Å². The highest BCUT2D eigenvalue weighted by Crippen LogP contribution is 2.69. The number of ether oxygens (including phenoxy) is 1. The van der Waals surface area contributed by atoms with Crippen LogP contribution in [0.5, 0.6) is 0 Å². The Hall–Kier alpha value is -0.980. The number of ketones is 1.